The molecular weight excluding hydrogens is 412 g/mol. The zero-order chi connectivity index (χ0) is 19.3. The third kappa shape index (κ3) is 2.86. The first-order valence-corrected chi connectivity index (χ1v) is 9.40. The van der Waals surface area contributed by atoms with Gasteiger partial charge in [-0.15, -0.1) is 0 Å². The van der Waals surface area contributed by atoms with Crippen LogP contribution in [0.1, 0.15) is 40.9 Å². The highest BCUT2D eigenvalue weighted by atomic mass is 79.9. The first-order valence-electron chi connectivity index (χ1n) is 8.60. The van der Waals surface area contributed by atoms with E-state index in [4.69, 9.17) is 9.47 Å². The number of anilines is 1. The van der Waals surface area contributed by atoms with Crippen LogP contribution in [0.5, 0.6) is 5.75 Å². The molecule has 140 valence electrons. The highest BCUT2D eigenvalue weighted by molar-refractivity contribution is 9.10. The number of methoxy groups -OCH3 is 1. The van der Waals surface area contributed by atoms with E-state index < -0.39 is 11.7 Å². The van der Waals surface area contributed by atoms with E-state index in [2.05, 4.69) is 21.2 Å². The number of aryl methyl sites for hydroxylation is 1. The van der Waals surface area contributed by atoms with Crippen LogP contribution in [0.4, 0.5) is 10.5 Å². The summed E-state index contributed by atoms with van der Waals surface area (Å²) in [5.41, 5.74) is 2.19. The van der Waals surface area contributed by atoms with Crippen LogP contribution in [0.2, 0.25) is 0 Å². The van der Waals surface area contributed by atoms with Crippen molar-refractivity contribution in [2.24, 2.45) is 0 Å². The molecule has 0 radical (unpaired) electrons. The predicted octanol–water partition coefficient (Wildman–Crippen LogP) is 4.31. The van der Waals surface area contributed by atoms with Gasteiger partial charge in [0, 0.05) is 22.1 Å². The van der Waals surface area contributed by atoms with Gasteiger partial charge < -0.3 is 14.8 Å². The molecule has 2 aromatic rings. The van der Waals surface area contributed by atoms with Crippen molar-refractivity contribution >= 4 is 33.6 Å². The number of fused-ring (bicyclic) bond motifs is 4. The van der Waals surface area contributed by atoms with Gasteiger partial charge in [0.15, 0.2) is 5.72 Å². The Balaban J connectivity index is 1.76. The number of amides is 2. The molecule has 2 amide bonds. The van der Waals surface area contributed by atoms with Crippen LogP contribution in [-0.2, 0) is 4.74 Å². The quantitative estimate of drug-likeness (QED) is 0.720. The largest absolute Gasteiger partial charge is 0.467 e. The number of benzene rings is 2. The lowest BCUT2D eigenvalue weighted by atomic mass is 9.89. The lowest BCUT2D eigenvalue weighted by Gasteiger charge is -2.50. The molecule has 2 aromatic carbocycles. The minimum atomic E-state index is -0.826. The summed E-state index contributed by atoms with van der Waals surface area (Å²) in [5, 5.41) is 3.04. The van der Waals surface area contributed by atoms with Gasteiger partial charge in [-0.05, 0) is 55.8 Å². The lowest BCUT2D eigenvalue weighted by molar-refractivity contribution is 0.0377. The van der Waals surface area contributed by atoms with E-state index >= 15 is 0 Å². The van der Waals surface area contributed by atoms with E-state index in [9.17, 15) is 9.59 Å². The Hall–Kier alpha value is -2.54. The normalized spacial score (nSPS) is 23.2. The SMILES string of the molecule is COC(=O)c1ccc2c(c1)[C@H]1C[C@](C)(O2)N(c2ccc(Br)c(C)c2)C(=O)N1. The van der Waals surface area contributed by atoms with E-state index in [1.807, 2.05) is 32.0 Å². The third-order valence-electron chi connectivity index (χ3n) is 5.09. The summed E-state index contributed by atoms with van der Waals surface area (Å²) in [6, 6.07) is 10.5. The van der Waals surface area contributed by atoms with Crippen molar-refractivity contribution < 1.29 is 19.1 Å². The summed E-state index contributed by atoms with van der Waals surface area (Å²) in [5.74, 6) is 0.237. The van der Waals surface area contributed by atoms with Crippen molar-refractivity contribution in [1.82, 2.24) is 5.32 Å². The maximum absolute atomic E-state index is 12.9. The molecule has 6 nitrogen and oxygen atoms in total. The summed E-state index contributed by atoms with van der Waals surface area (Å²) in [6.45, 7) is 3.89. The van der Waals surface area contributed by atoms with Crippen molar-refractivity contribution in [3.8, 4) is 5.75 Å². The van der Waals surface area contributed by atoms with E-state index in [1.165, 1.54) is 7.11 Å². The number of hydrogen-bond donors (Lipinski definition) is 1. The molecule has 0 spiro atoms. The van der Waals surface area contributed by atoms with Gasteiger partial charge in [0.2, 0.25) is 0 Å². The van der Waals surface area contributed by atoms with E-state index in [0.717, 1.165) is 21.3 Å². The first kappa shape index (κ1) is 17.9. The molecule has 2 bridgehead atoms. The number of nitrogens with zero attached hydrogens (tertiary/aromatic N) is 1. The summed E-state index contributed by atoms with van der Waals surface area (Å²) < 4.78 is 12.0. The van der Waals surface area contributed by atoms with E-state index in [-0.39, 0.29) is 12.1 Å². The summed E-state index contributed by atoms with van der Waals surface area (Å²) in [7, 11) is 1.34. The molecule has 7 heteroatoms. The van der Waals surface area contributed by atoms with Gasteiger partial charge in [-0.25, -0.2) is 9.59 Å². The van der Waals surface area contributed by atoms with Crippen LogP contribution in [-0.4, -0.2) is 24.8 Å². The molecule has 1 saturated heterocycles. The summed E-state index contributed by atoms with van der Waals surface area (Å²) in [6.07, 6.45) is 0.561. The van der Waals surface area contributed by atoms with Gasteiger partial charge >= 0.3 is 12.0 Å². The molecule has 2 aliphatic rings. The minimum absolute atomic E-state index is 0.232. The van der Waals surface area contributed by atoms with Crippen molar-refractivity contribution in [2.75, 3.05) is 12.0 Å². The van der Waals surface area contributed by atoms with Crippen LogP contribution in [0, 0.1) is 6.92 Å². The number of urea groups is 1. The Kier molecular flexibility index (Phi) is 4.14. The Morgan fingerprint density at radius 3 is 2.81 bits per heavy atom. The minimum Gasteiger partial charge on any atom is -0.467 e. The molecule has 0 unspecified atom stereocenters. The zero-order valence-electron chi connectivity index (χ0n) is 15.2. The number of carbonyl (C=O) groups is 2. The molecule has 2 heterocycles. The molecule has 1 N–H and O–H groups in total. The van der Waals surface area contributed by atoms with Gasteiger partial charge in [0.25, 0.3) is 0 Å². The van der Waals surface area contributed by atoms with Crippen LogP contribution in [0.3, 0.4) is 0 Å². The monoisotopic (exact) mass is 430 g/mol. The van der Waals surface area contributed by atoms with Crippen LogP contribution in [0.25, 0.3) is 0 Å². The number of halogens is 1. The molecule has 4 rings (SSSR count). The predicted molar refractivity (Wildman–Crippen MR) is 104 cm³/mol. The fraction of sp³-hybridized carbons (Fsp3) is 0.300. The highest BCUT2D eigenvalue weighted by Crippen LogP contribution is 2.46. The number of carbonyl (C=O) groups excluding carboxylic acids is 2. The maximum atomic E-state index is 12.9. The molecule has 27 heavy (non-hydrogen) atoms. The topological polar surface area (TPSA) is 67.9 Å². The summed E-state index contributed by atoms with van der Waals surface area (Å²) >= 11 is 3.49. The standard InChI is InChI=1S/C20H19BrN2O4/c1-11-8-13(5-6-15(11)21)23-19(25)22-16-10-20(23,2)27-17-7-4-12(9-14(16)17)18(24)26-3/h4-9,16H,10H2,1-3H3,(H,22,25)/t16-,20+/m1/s1. The second kappa shape index (κ2) is 6.27. The van der Waals surface area contributed by atoms with Gasteiger partial charge in [-0.2, -0.15) is 0 Å². The highest BCUT2D eigenvalue weighted by Gasteiger charge is 2.50. The lowest BCUT2D eigenvalue weighted by Crippen LogP contribution is -2.65. The van der Waals surface area contributed by atoms with Crippen LogP contribution < -0.4 is 15.0 Å². The van der Waals surface area contributed by atoms with Gasteiger partial charge in [0.1, 0.15) is 5.75 Å². The number of hydrogen-bond acceptors (Lipinski definition) is 4. The number of ether oxygens (including phenoxy) is 2. The van der Waals surface area contributed by atoms with E-state index in [0.29, 0.717) is 17.7 Å². The molecule has 0 aliphatic carbocycles. The first-order chi connectivity index (χ1) is 12.8. The number of rotatable bonds is 2. The second-order valence-corrected chi connectivity index (χ2v) is 7.85. The zero-order valence-corrected chi connectivity index (χ0v) is 16.8. The fourth-order valence-corrected chi connectivity index (χ4v) is 4.02. The van der Waals surface area contributed by atoms with Gasteiger partial charge in [-0.3, -0.25) is 4.90 Å². The Bertz CT molecular complexity index is 961. The smallest absolute Gasteiger partial charge is 0.337 e. The second-order valence-electron chi connectivity index (χ2n) is 7.00. The fourth-order valence-electron chi connectivity index (χ4n) is 3.78. The van der Waals surface area contributed by atoms with E-state index in [1.54, 1.807) is 23.1 Å². The molecule has 0 aromatic heterocycles. The molecule has 1 fully saturated rings. The molecule has 0 saturated carbocycles. The summed E-state index contributed by atoms with van der Waals surface area (Å²) in [4.78, 5) is 26.4. The maximum Gasteiger partial charge on any atom is 0.337 e. The van der Waals surface area contributed by atoms with Gasteiger partial charge in [0.05, 0.1) is 18.7 Å². The molecular formula is C20H19BrN2O4. The number of nitrogens with one attached hydrogen (secondary N) is 1. The Labute approximate surface area is 165 Å². The number of esters is 1. The molecule has 2 atom stereocenters. The van der Waals surface area contributed by atoms with Crippen LogP contribution >= 0.6 is 15.9 Å². The average Bonchev–Trinajstić information content (AvgIpc) is 2.63. The van der Waals surface area contributed by atoms with Crippen LogP contribution in [0.15, 0.2) is 40.9 Å². The Morgan fingerprint density at radius 2 is 2.11 bits per heavy atom. The van der Waals surface area contributed by atoms with Crippen molar-refractivity contribution in [2.45, 2.75) is 32.0 Å². The average molecular weight is 431 g/mol. The van der Waals surface area contributed by atoms with Crippen molar-refractivity contribution in [3.63, 3.8) is 0 Å². The molecule has 2 aliphatic heterocycles. The van der Waals surface area contributed by atoms with Gasteiger partial charge in [-0.1, -0.05) is 15.9 Å². The Morgan fingerprint density at radius 1 is 1.33 bits per heavy atom. The third-order valence-corrected chi connectivity index (χ3v) is 5.98. The van der Waals surface area contributed by atoms with Crippen molar-refractivity contribution in [1.29, 1.82) is 0 Å². The van der Waals surface area contributed by atoms with Crippen molar-refractivity contribution in [3.05, 3.63) is 57.6 Å².